The number of aliphatic hydroxyl groups is 1. The van der Waals surface area contributed by atoms with Crippen LogP contribution in [0.25, 0.3) is 5.76 Å². The molecule has 3 aromatic rings. The van der Waals surface area contributed by atoms with Gasteiger partial charge in [0, 0.05) is 27.9 Å². The molecule has 0 bridgehead atoms. The number of anilines is 1. The highest BCUT2D eigenvalue weighted by atomic mass is 79.9. The van der Waals surface area contributed by atoms with E-state index in [2.05, 4.69) is 15.9 Å². The van der Waals surface area contributed by atoms with Crippen LogP contribution in [-0.2, 0) is 9.59 Å². The van der Waals surface area contributed by atoms with Crippen LogP contribution in [0.5, 0.6) is 0 Å². The van der Waals surface area contributed by atoms with E-state index in [9.17, 15) is 24.8 Å². The van der Waals surface area contributed by atoms with Crippen LogP contribution in [0.1, 0.15) is 17.2 Å². The number of benzene rings is 3. The maximum Gasteiger partial charge on any atom is 0.300 e. The van der Waals surface area contributed by atoms with Crippen molar-refractivity contribution in [2.75, 3.05) is 4.90 Å². The van der Waals surface area contributed by atoms with Crippen LogP contribution in [0.4, 0.5) is 11.4 Å². The fraction of sp³-hybridized carbons (Fsp3) is 0.0435. The Bertz CT molecular complexity index is 1220. The fourth-order valence-electron chi connectivity index (χ4n) is 3.57. The molecule has 7 nitrogen and oxygen atoms in total. The van der Waals surface area contributed by atoms with Gasteiger partial charge in [0.15, 0.2) is 0 Å². The molecular weight excluding hydrogens is 464 g/mol. The number of carbonyl (C=O) groups excluding carboxylic acids is 2. The van der Waals surface area contributed by atoms with Crippen LogP contribution in [0.3, 0.4) is 0 Å². The summed E-state index contributed by atoms with van der Waals surface area (Å²) in [5.41, 5.74) is 0.828. The van der Waals surface area contributed by atoms with Gasteiger partial charge >= 0.3 is 0 Å². The molecule has 1 unspecified atom stereocenters. The molecule has 3 aromatic carbocycles. The van der Waals surface area contributed by atoms with E-state index in [0.29, 0.717) is 11.3 Å². The lowest BCUT2D eigenvalue weighted by Gasteiger charge is -2.25. The van der Waals surface area contributed by atoms with Gasteiger partial charge in [0.1, 0.15) is 5.76 Å². The van der Waals surface area contributed by atoms with Crippen molar-refractivity contribution in [2.45, 2.75) is 6.04 Å². The highest BCUT2D eigenvalue weighted by Crippen LogP contribution is 2.42. The number of ketones is 1. The second-order valence-electron chi connectivity index (χ2n) is 6.86. The van der Waals surface area contributed by atoms with Crippen LogP contribution < -0.4 is 4.90 Å². The number of Topliss-reactive ketones (excluding diaryl/α,β-unsaturated/α-hetero) is 1. The number of nitro groups is 1. The van der Waals surface area contributed by atoms with Crippen LogP contribution in [0.15, 0.2) is 88.9 Å². The first kappa shape index (κ1) is 20.5. The van der Waals surface area contributed by atoms with Gasteiger partial charge in [-0.3, -0.25) is 24.6 Å². The first-order chi connectivity index (χ1) is 14.9. The van der Waals surface area contributed by atoms with Crippen LogP contribution in [0, 0.1) is 10.1 Å². The Kier molecular flexibility index (Phi) is 5.39. The Morgan fingerprint density at radius 3 is 2.29 bits per heavy atom. The first-order valence-corrected chi connectivity index (χ1v) is 10.0. The van der Waals surface area contributed by atoms with Crippen molar-refractivity contribution >= 4 is 44.8 Å². The molecule has 4 rings (SSSR count). The van der Waals surface area contributed by atoms with Crippen molar-refractivity contribution in [1.29, 1.82) is 0 Å². The van der Waals surface area contributed by atoms with Gasteiger partial charge < -0.3 is 5.11 Å². The molecule has 1 saturated heterocycles. The zero-order chi connectivity index (χ0) is 22.1. The van der Waals surface area contributed by atoms with E-state index in [4.69, 9.17) is 0 Å². The van der Waals surface area contributed by atoms with Crippen molar-refractivity contribution in [1.82, 2.24) is 0 Å². The quantitative estimate of drug-likeness (QED) is 0.187. The summed E-state index contributed by atoms with van der Waals surface area (Å²) in [4.78, 5) is 37.9. The second kappa shape index (κ2) is 8.16. The Labute approximate surface area is 185 Å². The molecule has 1 aliphatic heterocycles. The molecule has 31 heavy (non-hydrogen) atoms. The molecule has 1 heterocycles. The average Bonchev–Trinajstić information content (AvgIpc) is 3.05. The maximum absolute atomic E-state index is 13.0. The summed E-state index contributed by atoms with van der Waals surface area (Å²) < 4.78 is 0.812. The predicted molar refractivity (Wildman–Crippen MR) is 118 cm³/mol. The summed E-state index contributed by atoms with van der Waals surface area (Å²) in [6.07, 6.45) is 0. The number of nitrogens with zero attached hydrogens (tertiary/aromatic N) is 2. The summed E-state index contributed by atoms with van der Waals surface area (Å²) in [5.74, 6) is -2.11. The number of non-ortho nitro benzene ring substituents is 1. The molecule has 1 fully saturated rings. The number of nitro benzene ring substituents is 1. The minimum absolute atomic E-state index is 0.0855. The van der Waals surface area contributed by atoms with Gasteiger partial charge in [-0.1, -0.05) is 58.4 Å². The van der Waals surface area contributed by atoms with Gasteiger partial charge in [-0.2, -0.15) is 0 Å². The molecule has 8 heteroatoms. The number of carbonyl (C=O) groups is 2. The number of rotatable bonds is 4. The Morgan fingerprint density at radius 1 is 0.968 bits per heavy atom. The Balaban J connectivity index is 1.94. The largest absolute Gasteiger partial charge is 0.507 e. The third-order valence-electron chi connectivity index (χ3n) is 4.99. The molecule has 1 amide bonds. The van der Waals surface area contributed by atoms with E-state index in [-0.39, 0.29) is 16.8 Å². The molecule has 0 radical (unpaired) electrons. The highest BCUT2D eigenvalue weighted by molar-refractivity contribution is 9.10. The van der Waals surface area contributed by atoms with Gasteiger partial charge in [-0.05, 0) is 29.8 Å². The molecule has 0 aliphatic carbocycles. The smallest absolute Gasteiger partial charge is 0.300 e. The van der Waals surface area contributed by atoms with Crippen LogP contribution in [-0.4, -0.2) is 21.7 Å². The third-order valence-corrected chi connectivity index (χ3v) is 5.52. The summed E-state index contributed by atoms with van der Waals surface area (Å²) in [6.45, 7) is 0. The third kappa shape index (κ3) is 3.73. The van der Waals surface area contributed by atoms with E-state index in [1.807, 2.05) is 0 Å². The fourth-order valence-corrected chi connectivity index (χ4v) is 3.83. The zero-order valence-electron chi connectivity index (χ0n) is 15.9. The molecule has 0 saturated carbocycles. The van der Waals surface area contributed by atoms with Crippen LogP contribution in [0.2, 0.25) is 0 Å². The molecule has 1 aliphatic rings. The molecule has 1 atom stereocenters. The van der Waals surface area contributed by atoms with E-state index in [1.54, 1.807) is 54.6 Å². The van der Waals surface area contributed by atoms with Gasteiger partial charge in [0.05, 0.1) is 16.5 Å². The van der Waals surface area contributed by atoms with E-state index >= 15 is 0 Å². The van der Waals surface area contributed by atoms with Gasteiger partial charge in [-0.15, -0.1) is 0 Å². The number of hydrogen-bond donors (Lipinski definition) is 1. The van der Waals surface area contributed by atoms with Crippen molar-refractivity contribution < 1.29 is 19.6 Å². The summed E-state index contributed by atoms with van der Waals surface area (Å²) in [6, 6.07) is 20.1. The summed E-state index contributed by atoms with van der Waals surface area (Å²) in [7, 11) is 0. The van der Waals surface area contributed by atoms with E-state index in [0.717, 1.165) is 4.47 Å². The standard InChI is InChI=1S/C23H15BrN2O5/c24-16-11-9-14(10-12-16)20-19(21(27)15-5-4-8-18(13-15)26(30)31)22(28)23(29)25(20)17-6-2-1-3-7-17/h1-13,20,27H/b21-19-. The van der Waals surface area contributed by atoms with Crippen molar-refractivity contribution in [3.05, 3.63) is 110 Å². The molecule has 0 aromatic heterocycles. The molecule has 1 N–H and O–H groups in total. The normalized spacial score (nSPS) is 17.7. The number of amides is 1. The highest BCUT2D eigenvalue weighted by Gasteiger charge is 2.46. The Hall–Kier alpha value is -3.78. The second-order valence-corrected chi connectivity index (χ2v) is 7.78. The van der Waals surface area contributed by atoms with Gasteiger partial charge in [0.2, 0.25) is 0 Å². The number of halogens is 1. The zero-order valence-corrected chi connectivity index (χ0v) is 17.5. The van der Waals surface area contributed by atoms with E-state index in [1.165, 1.54) is 29.2 Å². The van der Waals surface area contributed by atoms with Crippen molar-refractivity contribution in [3.63, 3.8) is 0 Å². The Morgan fingerprint density at radius 2 is 1.65 bits per heavy atom. The van der Waals surface area contributed by atoms with Crippen molar-refractivity contribution in [3.8, 4) is 0 Å². The lowest BCUT2D eigenvalue weighted by molar-refractivity contribution is -0.384. The van der Waals surface area contributed by atoms with Gasteiger partial charge in [0.25, 0.3) is 17.4 Å². The number of para-hydroxylation sites is 1. The predicted octanol–water partition coefficient (Wildman–Crippen LogP) is 4.98. The van der Waals surface area contributed by atoms with Crippen LogP contribution >= 0.6 is 15.9 Å². The topological polar surface area (TPSA) is 101 Å². The number of aliphatic hydroxyl groups excluding tert-OH is 1. The van der Waals surface area contributed by atoms with Crippen molar-refractivity contribution in [2.24, 2.45) is 0 Å². The minimum atomic E-state index is -0.894. The summed E-state index contributed by atoms with van der Waals surface area (Å²) >= 11 is 3.37. The lowest BCUT2D eigenvalue weighted by Crippen LogP contribution is -2.29. The number of hydrogen-bond acceptors (Lipinski definition) is 5. The minimum Gasteiger partial charge on any atom is -0.507 e. The molecule has 154 valence electrons. The summed E-state index contributed by atoms with van der Waals surface area (Å²) in [5, 5.41) is 22.2. The average molecular weight is 479 g/mol. The first-order valence-electron chi connectivity index (χ1n) is 9.25. The monoisotopic (exact) mass is 478 g/mol. The molecular formula is C23H15BrN2O5. The lowest BCUT2D eigenvalue weighted by atomic mass is 9.95. The van der Waals surface area contributed by atoms with Gasteiger partial charge in [-0.25, -0.2) is 0 Å². The van der Waals surface area contributed by atoms with E-state index < -0.39 is 28.4 Å². The molecule has 0 spiro atoms. The maximum atomic E-state index is 13.0. The SMILES string of the molecule is O=C1C(=O)N(c2ccccc2)C(c2ccc(Br)cc2)/C1=C(/O)c1cccc([N+](=O)[O-])c1.